The predicted octanol–water partition coefficient (Wildman–Crippen LogP) is 0.960. The van der Waals surface area contributed by atoms with Crippen molar-refractivity contribution < 1.29 is 13.6 Å². The number of urea groups is 1. The normalized spacial score (nSPS) is 9.46. The fraction of sp³-hybridized carbons (Fsp3) is 0. The van der Waals surface area contributed by atoms with E-state index in [4.69, 9.17) is 5.84 Å². The molecule has 2 amide bonds. The Kier molecular flexibility index (Phi) is 2.76. The highest BCUT2D eigenvalue weighted by molar-refractivity contribution is 5.88. The van der Waals surface area contributed by atoms with Gasteiger partial charge in [0.05, 0.1) is 0 Å². The zero-order valence-corrected chi connectivity index (χ0v) is 6.47. The minimum atomic E-state index is -1.03. The fourth-order valence-electron chi connectivity index (χ4n) is 0.741. The summed E-state index contributed by atoms with van der Waals surface area (Å²) in [6.45, 7) is 0. The van der Waals surface area contributed by atoms with Crippen LogP contribution in [-0.2, 0) is 0 Å². The first-order valence-electron chi connectivity index (χ1n) is 3.36. The highest BCUT2D eigenvalue weighted by Gasteiger charge is 2.03. The molecule has 0 aliphatic rings. The number of nitrogens with two attached hydrogens (primary N) is 1. The number of carbonyl (C=O) groups excluding carboxylic acids is 1. The van der Waals surface area contributed by atoms with Crippen LogP contribution in [0.4, 0.5) is 19.3 Å². The van der Waals surface area contributed by atoms with Gasteiger partial charge >= 0.3 is 6.03 Å². The molecule has 0 aliphatic carbocycles. The summed E-state index contributed by atoms with van der Waals surface area (Å²) in [5.74, 6) is 2.75. The molecule has 1 rings (SSSR count). The first-order valence-corrected chi connectivity index (χ1v) is 3.36. The number of carbonyl (C=O) groups is 1. The third-order valence-corrected chi connectivity index (χ3v) is 1.31. The van der Waals surface area contributed by atoms with E-state index in [2.05, 4.69) is 5.32 Å². The van der Waals surface area contributed by atoms with Gasteiger partial charge in [0.2, 0.25) is 0 Å². The summed E-state index contributed by atoms with van der Waals surface area (Å²) in [5, 5.41) is 2.18. The van der Waals surface area contributed by atoms with Crippen LogP contribution in [0.15, 0.2) is 18.2 Å². The molecule has 1 aromatic rings. The van der Waals surface area contributed by atoms with Gasteiger partial charge in [-0.1, -0.05) is 0 Å². The molecule has 0 aliphatic heterocycles. The van der Waals surface area contributed by atoms with E-state index in [9.17, 15) is 13.6 Å². The summed E-state index contributed by atoms with van der Waals surface area (Å²) < 4.78 is 24.9. The number of halogens is 2. The molecule has 6 heteroatoms. The third kappa shape index (κ3) is 2.38. The second kappa shape index (κ2) is 3.81. The van der Waals surface area contributed by atoms with E-state index in [1.165, 1.54) is 6.07 Å². The van der Waals surface area contributed by atoms with Crippen LogP contribution in [0.2, 0.25) is 0 Å². The highest BCUT2D eigenvalue weighted by Crippen LogP contribution is 2.12. The predicted molar refractivity (Wildman–Crippen MR) is 42.7 cm³/mol. The van der Waals surface area contributed by atoms with Crippen LogP contribution in [0.25, 0.3) is 0 Å². The van der Waals surface area contributed by atoms with E-state index in [0.29, 0.717) is 0 Å². The molecule has 0 radical (unpaired) electrons. The van der Waals surface area contributed by atoms with Crippen LogP contribution in [0.3, 0.4) is 0 Å². The van der Waals surface area contributed by atoms with Crippen molar-refractivity contribution in [2.45, 2.75) is 0 Å². The second-order valence-corrected chi connectivity index (χ2v) is 2.23. The average Bonchev–Trinajstić information content (AvgIpc) is 2.11. The van der Waals surface area contributed by atoms with Crippen LogP contribution >= 0.6 is 0 Å². The Labute approximate surface area is 72.7 Å². The van der Waals surface area contributed by atoms with E-state index >= 15 is 0 Å². The van der Waals surface area contributed by atoms with Gasteiger partial charge in [0, 0.05) is 11.8 Å². The molecule has 0 spiro atoms. The SMILES string of the molecule is NNC(=O)Nc1ccc(F)c(F)c1. The molecule has 0 atom stereocenters. The van der Waals surface area contributed by atoms with E-state index in [1.807, 2.05) is 0 Å². The van der Waals surface area contributed by atoms with Crippen LogP contribution in [-0.4, -0.2) is 6.03 Å². The lowest BCUT2D eigenvalue weighted by Crippen LogP contribution is -2.34. The van der Waals surface area contributed by atoms with E-state index in [0.717, 1.165) is 12.1 Å². The van der Waals surface area contributed by atoms with Crippen molar-refractivity contribution in [3.63, 3.8) is 0 Å². The minimum absolute atomic E-state index is 0.127. The molecule has 13 heavy (non-hydrogen) atoms. The van der Waals surface area contributed by atoms with Gasteiger partial charge in [0.25, 0.3) is 0 Å². The maximum absolute atomic E-state index is 12.6. The van der Waals surface area contributed by atoms with Crippen molar-refractivity contribution in [2.75, 3.05) is 5.32 Å². The summed E-state index contributed by atoms with van der Waals surface area (Å²) in [4.78, 5) is 10.6. The number of hydrazine groups is 1. The Balaban J connectivity index is 2.79. The zero-order valence-electron chi connectivity index (χ0n) is 6.47. The molecule has 0 unspecified atom stereocenters. The fourth-order valence-corrected chi connectivity index (χ4v) is 0.741. The molecule has 0 saturated carbocycles. The van der Waals surface area contributed by atoms with Gasteiger partial charge in [0.15, 0.2) is 11.6 Å². The van der Waals surface area contributed by atoms with Crippen molar-refractivity contribution in [1.82, 2.24) is 5.43 Å². The molecular weight excluding hydrogens is 180 g/mol. The zero-order chi connectivity index (χ0) is 9.84. The van der Waals surface area contributed by atoms with Crippen LogP contribution in [0.5, 0.6) is 0 Å². The smallest absolute Gasteiger partial charge is 0.307 e. The van der Waals surface area contributed by atoms with Crippen molar-refractivity contribution in [3.8, 4) is 0 Å². The standard InChI is InChI=1S/C7H7F2N3O/c8-5-2-1-4(3-6(5)9)11-7(13)12-10/h1-3H,10H2,(H2,11,12,13). The molecule has 0 heterocycles. The molecule has 0 bridgehead atoms. The number of anilines is 1. The summed E-state index contributed by atoms with van der Waals surface area (Å²) in [7, 11) is 0. The average molecular weight is 187 g/mol. The van der Waals surface area contributed by atoms with Gasteiger partial charge in [-0.15, -0.1) is 0 Å². The van der Waals surface area contributed by atoms with Crippen LogP contribution in [0.1, 0.15) is 0 Å². The first-order chi connectivity index (χ1) is 6.13. The summed E-state index contributed by atoms with van der Waals surface area (Å²) in [6.07, 6.45) is 0. The van der Waals surface area contributed by atoms with Gasteiger partial charge < -0.3 is 5.32 Å². The first kappa shape index (κ1) is 9.40. The molecule has 70 valence electrons. The maximum Gasteiger partial charge on any atom is 0.333 e. The molecule has 1 aromatic carbocycles. The van der Waals surface area contributed by atoms with Crippen LogP contribution < -0.4 is 16.6 Å². The lowest BCUT2D eigenvalue weighted by molar-refractivity contribution is 0.252. The van der Waals surface area contributed by atoms with Gasteiger partial charge in [-0.2, -0.15) is 0 Å². The Hall–Kier alpha value is -1.69. The number of hydrogen-bond acceptors (Lipinski definition) is 2. The minimum Gasteiger partial charge on any atom is -0.307 e. The number of hydrogen-bond donors (Lipinski definition) is 3. The number of nitrogens with one attached hydrogen (secondary N) is 2. The van der Waals surface area contributed by atoms with Crippen molar-refractivity contribution in [1.29, 1.82) is 0 Å². The molecular formula is C7H7F2N3O. The second-order valence-electron chi connectivity index (χ2n) is 2.23. The van der Waals surface area contributed by atoms with Crippen LogP contribution in [0, 0.1) is 11.6 Å². The Morgan fingerprint density at radius 3 is 2.54 bits per heavy atom. The largest absolute Gasteiger partial charge is 0.333 e. The number of amides is 2. The van der Waals surface area contributed by atoms with E-state index < -0.39 is 17.7 Å². The lowest BCUT2D eigenvalue weighted by atomic mass is 10.3. The van der Waals surface area contributed by atoms with E-state index in [-0.39, 0.29) is 5.69 Å². The van der Waals surface area contributed by atoms with E-state index in [1.54, 1.807) is 5.43 Å². The van der Waals surface area contributed by atoms with Crippen molar-refractivity contribution in [3.05, 3.63) is 29.8 Å². The maximum atomic E-state index is 12.6. The molecule has 4 nitrogen and oxygen atoms in total. The monoisotopic (exact) mass is 187 g/mol. The van der Waals surface area contributed by atoms with Crippen molar-refractivity contribution in [2.24, 2.45) is 5.84 Å². The Morgan fingerprint density at radius 1 is 1.31 bits per heavy atom. The Morgan fingerprint density at radius 2 is 2.00 bits per heavy atom. The molecule has 0 aromatic heterocycles. The van der Waals surface area contributed by atoms with Gasteiger partial charge in [-0.3, -0.25) is 5.43 Å². The molecule has 4 N–H and O–H groups in total. The molecule has 0 fully saturated rings. The highest BCUT2D eigenvalue weighted by atomic mass is 19.2. The topological polar surface area (TPSA) is 67.1 Å². The summed E-state index contributed by atoms with van der Waals surface area (Å²) >= 11 is 0. The summed E-state index contributed by atoms with van der Waals surface area (Å²) in [6, 6.07) is 2.27. The van der Waals surface area contributed by atoms with Gasteiger partial charge in [-0.05, 0) is 12.1 Å². The van der Waals surface area contributed by atoms with Crippen molar-refractivity contribution >= 4 is 11.7 Å². The third-order valence-electron chi connectivity index (χ3n) is 1.31. The number of rotatable bonds is 1. The van der Waals surface area contributed by atoms with Gasteiger partial charge in [-0.25, -0.2) is 19.4 Å². The van der Waals surface area contributed by atoms with Gasteiger partial charge in [0.1, 0.15) is 0 Å². The quantitative estimate of drug-likeness (QED) is 0.348. The summed E-state index contributed by atoms with van der Waals surface area (Å²) in [5.41, 5.74) is 1.91. The molecule has 0 saturated heterocycles. The number of benzene rings is 1. The Bertz CT molecular complexity index is 330. The lowest BCUT2D eigenvalue weighted by Gasteiger charge is -2.03.